The molecular formula is C32H35ClFN5O5. The number of aromatic nitrogens is 4. The summed E-state index contributed by atoms with van der Waals surface area (Å²) in [5.41, 5.74) is 2.68. The molecule has 2 aromatic heterocycles. The van der Waals surface area contributed by atoms with E-state index in [-0.39, 0.29) is 24.3 Å². The largest absolute Gasteiger partial charge is 0.461 e. The number of benzene rings is 2. The minimum Gasteiger partial charge on any atom is -0.461 e. The third-order valence-electron chi connectivity index (χ3n) is 8.32. The predicted octanol–water partition coefficient (Wildman–Crippen LogP) is 5.85. The summed E-state index contributed by atoms with van der Waals surface area (Å²) in [6.45, 7) is 8.53. The number of likely N-dealkylation sites (tertiary alicyclic amines) is 1. The number of fused-ring (bicyclic) bond motifs is 2. The Hall–Kier alpha value is -3.80. The van der Waals surface area contributed by atoms with Gasteiger partial charge in [-0.25, -0.2) is 14.2 Å². The standard InChI is InChI=1S/C32H35ClFN5O5/c1-5-42-31(40)26-16-25-30(37-36-26)39(17-19(2)41-4)28(35-25)18-38-13-11-20(12-14-38)22-7-6-8-27-29(22)44-32(3,43-27)23-10-9-21(33)15-24(23)34/h6-10,15-16,19-20H,5,11-14,17-18H2,1-4H3. The summed E-state index contributed by atoms with van der Waals surface area (Å²) in [7, 11) is 1.67. The van der Waals surface area contributed by atoms with Crippen LogP contribution in [-0.4, -0.2) is 63.5 Å². The van der Waals surface area contributed by atoms with Gasteiger partial charge < -0.3 is 23.5 Å². The average Bonchev–Trinajstić information content (AvgIpc) is 3.53. The topological polar surface area (TPSA) is 101 Å². The highest BCUT2D eigenvalue weighted by Crippen LogP contribution is 2.49. The molecule has 44 heavy (non-hydrogen) atoms. The van der Waals surface area contributed by atoms with Crippen LogP contribution in [0.4, 0.5) is 4.39 Å². The summed E-state index contributed by atoms with van der Waals surface area (Å²) in [4.78, 5) is 19.5. The van der Waals surface area contributed by atoms with Gasteiger partial charge >= 0.3 is 5.97 Å². The van der Waals surface area contributed by atoms with Gasteiger partial charge in [-0.2, -0.15) is 0 Å². The Balaban J connectivity index is 1.18. The van der Waals surface area contributed by atoms with Gasteiger partial charge in [0.05, 0.1) is 31.4 Å². The zero-order chi connectivity index (χ0) is 31.0. The number of ether oxygens (including phenoxy) is 4. The summed E-state index contributed by atoms with van der Waals surface area (Å²) in [6.07, 6.45) is 1.72. The van der Waals surface area contributed by atoms with Crippen LogP contribution in [0.15, 0.2) is 42.5 Å². The van der Waals surface area contributed by atoms with Crippen molar-refractivity contribution in [2.75, 3.05) is 26.8 Å². The fourth-order valence-electron chi connectivity index (χ4n) is 5.96. The highest BCUT2D eigenvalue weighted by Gasteiger charge is 2.43. The van der Waals surface area contributed by atoms with E-state index in [0.29, 0.717) is 46.3 Å². The number of hydrogen-bond acceptors (Lipinski definition) is 9. The number of hydrogen-bond donors (Lipinski definition) is 0. The van der Waals surface area contributed by atoms with E-state index >= 15 is 0 Å². The van der Waals surface area contributed by atoms with Gasteiger partial charge in [0.25, 0.3) is 5.79 Å². The molecule has 4 heterocycles. The summed E-state index contributed by atoms with van der Waals surface area (Å²) in [6, 6.07) is 12.0. The van der Waals surface area contributed by atoms with Crippen LogP contribution in [0.3, 0.4) is 0 Å². The van der Waals surface area contributed by atoms with Crippen LogP contribution >= 0.6 is 11.6 Å². The zero-order valence-electron chi connectivity index (χ0n) is 25.2. The number of para-hydroxylation sites is 1. The molecule has 0 N–H and O–H groups in total. The molecule has 0 aliphatic carbocycles. The summed E-state index contributed by atoms with van der Waals surface area (Å²) >= 11 is 5.97. The fraction of sp³-hybridized carbons (Fsp3) is 0.438. The minimum atomic E-state index is -1.29. The van der Waals surface area contributed by atoms with E-state index in [4.69, 9.17) is 35.5 Å². The number of carbonyl (C=O) groups is 1. The molecule has 0 saturated carbocycles. The fourth-order valence-corrected chi connectivity index (χ4v) is 6.12. The van der Waals surface area contributed by atoms with Gasteiger partial charge in [-0.15, -0.1) is 10.2 Å². The predicted molar refractivity (Wildman–Crippen MR) is 161 cm³/mol. The van der Waals surface area contributed by atoms with Crippen LogP contribution in [0, 0.1) is 5.82 Å². The van der Waals surface area contributed by atoms with Crippen molar-refractivity contribution in [3.05, 3.63) is 75.9 Å². The molecule has 2 unspecified atom stereocenters. The first-order valence-corrected chi connectivity index (χ1v) is 15.2. The maximum atomic E-state index is 14.8. The van der Waals surface area contributed by atoms with E-state index in [9.17, 15) is 9.18 Å². The van der Waals surface area contributed by atoms with Crippen molar-refractivity contribution in [2.45, 2.75) is 64.5 Å². The van der Waals surface area contributed by atoms with Crippen LogP contribution in [-0.2, 0) is 28.4 Å². The van der Waals surface area contributed by atoms with Crippen LogP contribution in [0.5, 0.6) is 11.5 Å². The molecule has 232 valence electrons. The number of piperidine rings is 1. The molecule has 1 saturated heterocycles. The second-order valence-electron chi connectivity index (χ2n) is 11.3. The van der Waals surface area contributed by atoms with Gasteiger partial charge in [-0.1, -0.05) is 23.7 Å². The molecule has 0 spiro atoms. The minimum absolute atomic E-state index is 0.0714. The summed E-state index contributed by atoms with van der Waals surface area (Å²) < 4.78 is 40.0. The van der Waals surface area contributed by atoms with Crippen molar-refractivity contribution in [1.29, 1.82) is 0 Å². The summed E-state index contributed by atoms with van der Waals surface area (Å²) in [5.74, 6) is 0.0494. The number of methoxy groups -OCH3 is 1. The van der Waals surface area contributed by atoms with Crippen LogP contribution in [0.2, 0.25) is 5.02 Å². The van der Waals surface area contributed by atoms with Gasteiger partial charge in [0.15, 0.2) is 22.8 Å². The molecule has 12 heteroatoms. The first-order valence-electron chi connectivity index (χ1n) is 14.8. The number of nitrogens with zero attached hydrogens (tertiary/aromatic N) is 5. The normalized spacial score (nSPS) is 19.4. The van der Waals surface area contributed by atoms with Gasteiger partial charge in [0, 0.05) is 30.7 Å². The number of carbonyl (C=O) groups excluding carboxylic acids is 1. The molecular weight excluding hydrogens is 589 g/mol. The maximum Gasteiger partial charge on any atom is 0.358 e. The van der Waals surface area contributed by atoms with Gasteiger partial charge in [-0.3, -0.25) is 4.90 Å². The lowest BCUT2D eigenvalue weighted by Crippen LogP contribution is -2.34. The van der Waals surface area contributed by atoms with Crippen molar-refractivity contribution < 1.29 is 28.1 Å². The van der Waals surface area contributed by atoms with Crippen LogP contribution < -0.4 is 9.47 Å². The van der Waals surface area contributed by atoms with E-state index in [1.54, 1.807) is 39.2 Å². The highest BCUT2D eigenvalue weighted by atomic mass is 35.5. The molecule has 2 aromatic carbocycles. The molecule has 1 fully saturated rings. The van der Waals surface area contributed by atoms with E-state index in [1.807, 2.05) is 23.6 Å². The van der Waals surface area contributed by atoms with Gasteiger partial charge in [-0.05, 0) is 70.0 Å². The molecule has 2 aliphatic rings. The van der Waals surface area contributed by atoms with E-state index < -0.39 is 17.6 Å². The molecule has 2 aliphatic heterocycles. The monoisotopic (exact) mass is 623 g/mol. The molecule has 0 radical (unpaired) electrons. The Morgan fingerprint density at radius 1 is 1.18 bits per heavy atom. The third-order valence-corrected chi connectivity index (χ3v) is 8.56. The molecule has 0 bridgehead atoms. The number of rotatable bonds is 9. The van der Waals surface area contributed by atoms with Gasteiger partial charge in [0.2, 0.25) is 0 Å². The SMILES string of the molecule is CCOC(=O)c1cc2nc(CN3CCC(c4cccc5c4OC(C)(c4ccc(Cl)cc4F)O5)CC3)n(CC(C)OC)c2nn1. The van der Waals surface area contributed by atoms with Gasteiger partial charge in [0.1, 0.15) is 17.2 Å². The van der Waals surface area contributed by atoms with E-state index in [1.165, 1.54) is 6.07 Å². The number of imidazole rings is 1. The molecule has 4 aromatic rings. The molecule has 0 amide bonds. The first-order chi connectivity index (χ1) is 21.2. The lowest BCUT2D eigenvalue weighted by molar-refractivity contribution is -0.0712. The second-order valence-corrected chi connectivity index (χ2v) is 11.8. The van der Waals surface area contributed by atoms with Crippen molar-refractivity contribution in [1.82, 2.24) is 24.6 Å². The number of halogens is 2. The molecule has 2 atom stereocenters. The third kappa shape index (κ3) is 5.83. The highest BCUT2D eigenvalue weighted by molar-refractivity contribution is 6.30. The van der Waals surface area contributed by atoms with Crippen molar-refractivity contribution in [3.63, 3.8) is 0 Å². The Labute approximate surface area is 260 Å². The molecule has 10 nitrogen and oxygen atoms in total. The summed E-state index contributed by atoms with van der Waals surface area (Å²) in [5, 5.41) is 8.75. The Morgan fingerprint density at radius 2 is 1.98 bits per heavy atom. The Kier molecular flexibility index (Phi) is 8.45. The smallest absolute Gasteiger partial charge is 0.358 e. The lowest BCUT2D eigenvalue weighted by Gasteiger charge is -2.32. The van der Waals surface area contributed by atoms with Crippen molar-refractivity contribution in [3.8, 4) is 11.5 Å². The van der Waals surface area contributed by atoms with E-state index in [2.05, 4.69) is 21.2 Å². The average molecular weight is 624 g/mol. The quantitative estimate of drug-likeness (QED) is 0.212. The van der Waals surface area contributed by atoms with Crippen LogP contribution in [0.1, 0.15) is 67.0 Å². The zero-order valence-corrected chi connectivity index (χ0v) is 25.9. The van der Waals surface area contributed by atoms with Crippen LogP contribution in [0.25, 0.3) is 11.2 Å². The van der Waals surface area contributed by atoms with Crippen molar-refractivity contribution >= 4 is 28.7 Å². The first kappa shape index (κ1) is 30.2. The second kappa shape index (κ2) is 12.3. The molecule has 6 rings (SSSR count). The number of esters is 1. The van der Waals surface area contributed by atoms with E-state index in [0.717, 1.165) is 37.3 Å². The Bertz CT molecular complexity index is 1690. The maximum absolute atomic E-state index is 14.8. The Morgan fingerprint density at radius 3 is 2.70 bits per heavy atom. The van der Waals surface area contributed by atoms with Crippen molar-refractivity contribution in [2.24, 2.45) is 0 Å². The lowest BCUT2D eigenvalue weighted by atomic mass is 9.88.